The Kier molecular flexibility index (Phi) is 12.4. The molecule has 0 saturated carbocycles. The van der Waals surface area contributed by atoms with E-state index < -0.39 is 28.5 Å². The normalized spacial score (nSPS) is 11.8. The number of carbonyl (C=O) groups excluding carboxylic acids is 2. The van der Waals surface area contributed by atoms with Crippen LogP contribution in [0.25, 0.3) is 0 Å². The lowest BCUT2D eigenvalue weighted by atomic mass is 10.0. The van der Waals surface area contributed by atoms with Gasteiger partial charge in [0.25, 0.3) is 10.0 Å². The smallest absolute Gasteiger partial charge is 0.264 e. The molecule has 8 nitrogen and oxygen atoms in total. The first-order valence-electron chi connectivity index (χ1n) is 14.8. The van der Waals surface area contributed by atoms with Gasteiger partial charge in [-0.2, -0.15) is 0 Å². The molecule has 0 aliphatic heterocycles. The van der Waals surface area contributed by atoms with E-state index in [4.69, 9.17) is 4.74 Å². The predicted molar refractivity (Wildman–Crippen MR) is 186 cm³/mol. The highest BCUT2D eigenvalue weighted by atomic mass is 127. The molecule has 0 aliphatic carbocycles. The summed E-state index contributed by atoms with van der Waals surface area (Å²) in [5.74, 6) is -0.197. The van der Waals surface area contributed by atoms with Crippen LogP contribution in [0.15, 0.2) is 114 Å². The zero-order valence-corrected chi connectivity index (χ0v) is 28.4. The van der Waals surface area contributed by atoms with Gasteiger partial charge in [0.2, 0.25) is 11.8 Å². The highest BCUT2D eigenvalue weighted by Gasteiger charge is 2.34. The van der Waals surface area contributed by atoms with Gasteiger partial charge in [-0.3, -0.25) is 13.9 Å². The molecule has 0 saturated heterocycles. The molecule has 0 unspecified atom stereocenters. The first kappa shape index (κ1) is 34.0. The van der Waals surface area contributed by atoms with Gasteiger partial charge < -0.3 is 15.0 Å². The number of nitrogens with zero attached hydrogens (tertiary/aromatic N) is 2. The van der Waals surface area contributed by atoms with Gasteiger partial charge >= 0.3 is 0 Å². The average Bonchev–Trinajstić information content (AvgIpc) is 3.06. The Labute approximate surface area is 279 Å². The molecule has 4 aromatic carbocycles. The van der Waals surface area contributed by atoms with Crippen molar-refractivity contribution in [1.82, 2.24) is 10.2 Å². The van der Waals surface area contributed by atoms with Crippen LogP contribution in [0.1, 0.15) is 30.9 Å². The third-order valence-electron chi connectivity index (χ3n) is 7.31. The Bertz CT molecular complexity index is 1650. The second-order valence-electron chi connectivity index (χ2n) is 10.5. The van der Waals surface area contributed by atoms with E-state index in [0.717, 1.165) is 31.8 Å². The number of nitrogens with one attached hydrogen (secondary N) is 1. The third-order valence-corrected chi connectivity index (χ3v) is 9.82. The van der Waals surface area contributed by atoms with Gasteiger partial charge in [-0.25, -0.2) is 8.42 Å². The molecule has 4 aromatic rings. The van der Waals surface area contributed by atoms with Crippen molar-refractivity contribution in [2.45, 2.75) is 43.7 Å². The number of halogens is 1. The lowest BCUT2D eigenvalue weighted by Crippen LogP contribution is -2.53. The van der Waals surface area contributed by atoms with Crippen molar-refractivity contribution in [2.24, 2.45) is 0 Å². The lowest BCUT2D eigenvalue weighted by molar-refractivity contribution is -0.140. The summed E-state index contributed by atoms with van der Waals surface area (Å²) in [5.41, 5.74) is 1.97. The summed E-state index contributed by atoms with van der Waals surface area (Å²) in [4.78, 5) is 29.9. The molecule has 0 radical (unpaired) electrons. The van der Waals surface area contributed by atoms with E-state index in [9.17, 15) is 18.0 Å². The number of ether oxygens (including phenoxy) is 1. The zero-order valence-electron chi connectivity index (χ0n) is 25.4. The fraction of sp³-hybridized carbons (Fsp3) is 0.257. The zero-order chi connectivity index (χ0) is 32.2. The Balaban J connectivity index is 1.79. The van der Waals surface area contributed by atoms with Crippen LogP contribution in [0.2, 0.25) is 0 Å². The van der Waals surface area contributed by atoms with Gasteiger partial charge in [-0.15, -0.1) is 0 Å². The number of hydrogen-bond donors (Lipinski definition) is 1. The van der Waals surface area contributed by atoms with E-state index in [0.29, 0.717) is 18.0 Å². The van der Waals surface area contributed by atoms with E-state index in [-0.39, 0.29) is 23.8 Å². The molecule has 0 fully saturated rings. The molecular weight excluding hydrogens is 701 g/mol. The molecule has 4 rings (SSSR count). The quantitative estimate of drug-likeness (QED) is 0.118. The minimum atomic E-state index is -4.14. The van der Waals surface area contributed by atoms with Gasteiger partial charge in [-0.1, -0.05) is 74.0 Å². The monoisotopic (exact) mass is 739 g/mol. The molecular formula is C35H38IN3O5S. The van der Waals surface area contributed by atoms with Gasteiger partial charge in [-0.05, 0) is 88.7 Å². The second kappa shape index (κ2) is 16.4. The van der Waals surface area contributed by atoms with E-state index in [1.54, 1.807) is 55.6 Å². The van der Waals surface area contributed by atoms with Crippen LogP contribution in [-0.2, 0) is 32.6 Å². The summed E-state index contributed by atoms with van der Waals surface area (Å²) in [5, 5.41) is 3.00. The molecule has 0 heterocycles. The number of unbranched alkanes of at least 4 members (excludes halogenated alkanes) is 1. The fourth-order valence-electron chi connectivity index (χ4n) is 4.88. The van der Waals surface area contributed by atoms with Crippen LogP contribution in [0.3, 0.4) is 0 Å². The van der Waals surface area contributed by atoms with Crippen molar-refractivity contribution >= 4 is 50.1 Å². The maximum Gasteiger partial charge on any atom is 0.264 e. The molecule has 0 aromatic heterocycles. The van der Waals surface area contributed by atoms with Crippen molar-refractivity contribution in [3.8, 4) is 5.75 Å². The minimum absolute atomic E-state index is 0.0637. The number of anilines is 1. The standard InChI is InChI=1S/C35H38IN3O5S/c1-3-4-22-37-35(41)33(24-27-12-7-5-8-13-27)38(25-28-14-11-15-31(23-28)44-2)34(40)26-39(30-20-18-29(36)19-21-30)45(42,43)32-16-9-6-10-17-32/h5-21,23,33H,3-4,22,24-26H2,1-2H3,(H,37,41)/t33-/m1/s1. The second-order valence-corrected chi connectivity index (χ2v) is 13.6. The van der Waals surface area contributed by atoms with Crippen LogP contribution in [0.5, 0.6) is 5.75 Å². The average molecular weight is 740 g/mol. The molecule has 10 heteroatoms. The number of methoxy groups -OCH3 is 1. The van der Waals surface area contributed by atoms with Crippen LogP contribution < -0.4 is 14.4 Å². The first-order chi connectivity index (χ1) is 21.7. The molecule has 0 bridgehead atoms. The third kappa shape index (κ3) is 9.30. The molecule has 1 atom stereocenters. The Morgan fingerprint density at radius 2 is 1.51 bits per heavy atom. The van der Waals surface area contributed by atoms with Gasteiger partial charge in [0.05, 0.1) is 17.7 Å². The molecule has 0 aliphatic rings. The maximum atomic E-state index is 14.5. The van der Waals surface area contributed by atoms with Crippen LogP contribution >= 0.6 is 22.6 Å². The van der Waals surface area contributed by atoms with Gasteiger partial charge in [0.15, 0.2) is 0 Å². The molecule has 45 heavy (non-hydrogen) atoms. The predicted octanol–water partition coefficient (Wildman–Crippen LogP) is 6.05. The summed E-state index contributed by atoms with van der Waals surface area (Å²) < 4.78 is 35.6. The van der Waals surface area contributed by atoms with Crippen molar-refractivity contribution in [1.29, 1.82) is 0 Å². The number of hydrogen-bond acceptors (Lipinski definition) is 5. The number of amides is 2. The largest absolute Gasteiger partial charge is 0.497 e. The van der Waals surface area contributed by atoms with E-state index in [2.05, 4.69) is 27.9 Å². The van der Waals surface area contributed by atoms with Crippen LogP contribution in [-0.4, -0.2) is 51.4 Å². The summed E-state index contributed by atoms with van der Waals surface area (Å²) in [6, 6.07) is 30.9. The highest BCUT2D eigenvalue weighted by Crippen LogP contribution is 2.26. The maximum absolute atomic E-state index is 14.5. The number of sulfonamides is 1. The Morgan fingerprint density at radius 3 is 2.16 bits per heavy atom. The fourth-order valence-corrected chi connectivity index (χ4v) is 6.68. The number of rotatable bonds is 15. The van der Waals surface area contributed by atoms with Crippen molar-refractivity contribution in [3.63, 3.8) is 0 Å². The van der Waals surface area contributed by atoms with Crippen molar-refractivity contribution < 1.29 is 22.7 Å². The van der Waals surface area contributed by atoms with E-state index >= 15 is 0 Å². The highest BCUT2D eigenvalue weighted by molar-refractivity contribution is 14.1. The summed E-state index contributed by atoms with van der Waals surface area (Å²) >= 11 is 2.15. The van der Waals surface area contributed by atoms with Gasteiger partial charge in [0.1, 0.15) is 18.3 Å². The Hall–Kier alpha value is -3.90. The van der Waals surface area contributed by atoms with Crippen LogP contribution in [0, 0.1) is 3.57 Å². The Morgan fingerprint density at radius 1 is 0.867 bits per heavy atom. The topological polar surface area (TPSA) is 96.0 Å². The SMILES string of the molecule is CCCCNC(=O)[C@@H](Cc1ccccc1)N(Cc1cccc(OC)c1)C(=O)CN(c1ccc(I)cc1)S(=O)(=O)c1ccccc1. The van der Waals surface area contributed by atoms with Crippen molar-refractivity contribution in [3.05, 3.63) is 124 Å². The summed E-state index contributed by atoms with van der Waals surface area (Å²) in [6.45, 7) is 2.08. The van der Waals surface area contributed by atoms with Crippen molar-refractivity contribution in [2.75, 3.05) is 24.5 Å². The molecule has 236 valence electrons. The van der Waals surface area contributed by atoms with E-state index in [1.807, 2.05) is 55.5 Å². The van der Waals surface area contributed by atoms with E-state index in [1.165, 1.54) is 17.0 Å². The molecule has 1 N–H and O–H groups in total. The summed E-state index contributed by atoms with van der Waals surface area (Å²) in [7, 11) is -2.57. The number of carbonyl (C=O) groups is 2. The molecule has 2 amide bonds. The minimum Gasteiger partial charge on any atom is -0.497 e. The molecule has 0 spiro atoms. The lowest BCUT2D eigenvalue weighted by Gasteiger charge is -2.34. The first-order valence-corrected chi connectivity index (χ1v) is 17.3. The number of benzene rings is 4. The van der Waals surface area contributed by atoms with Gasteiger partial charge in [0, 0.05) is 23.1 Å². The van der Waals surface area contributed by atoms with Crippen LogP contribution in [0.4, 0.5) is 5.69 Å². The summed E-state index contributed by atoms with van der Waals surface area (Å²) in [6.07, 6.45) is 1.95.